The molecule has 1 unspecified atom stereocenters. The number of carbonyl (C=O) groups excluding carboxylic acids is 2. The highest BCUT2D eigenvalue weighted by Gasteiger charge is 2.33. The first kappa shape index (κ1) is 18.2. The van der Waals surface area contributed by atoms with Gasteiger partial charge >= 0.3 is 0 Å². The van der Waals surface area contributed by atoms with E-state index >= 15 is 0 Å². The number of nitrogens with zero attached hydrogens (tertiary/aromatic N) is 4. The Labute approximate surface area is 162 Å². The molecular formula is C20H23N5O3. The summed E-state index contributed by atoms with van der Waals surface area (Å²) in [5, 5.41) is 0.751. The molecule has 1 amide bonds. The minimum absolute atomic E-state index is 0.133. The molecule has 8 heteroatoms. The minimum Gasteiger partial charge on any atom is -0.494 e. The fourth-order valence-electron chi connectivity index (χ4n) is 3.79. The molecule has 8 nitrogen and oxygen atoms in total. The van der Waals surface area contributed by atoms with Crippen molar-refractivity contribution in [2.45, 2.75) is 20.3 Å². The number of imidazole rings is 1. The molecule has 0 spiro atoms. The number of para-hydroxylation sites is 1. The van der Waals surface area contributed by atoms with E-state index in [4.69, 9.17) is 10.5 Å². The number of aromatic nitrogens is 3. The summed E-state index contributed by atoms with van der Waals surface area (Å²) in [7, 11) is 1.57. The molecule has 2 aromatic heterocycles. The molecule has 1 atom stereocenters. The van der Waals surface area contributed by atoms with Crippen molar-refractivity contribution < 1.29 is 14.3 Å². The third kappa shape index (κ3) is 2.85. The molecule has 28 heavy (non-hydrogen) atoms. The maximum Gasteiger partial charge on any atom is 0.274 e. The summed E-state index contributed by atoms with van der Waals surface area (Å²) in [5.41, 5.74) is 7.55. The monoisotopic (exact) mass is 381 g/mol. The van der Waals surface area contributed by atoms with Crippen LogP contribution < -0.4 is 10.5 Å². The van der Waals surface area contributed by atoms with Gasteiger partial charge in [0.1, 0.15) is 28.4 Å². The fraction of sp³-hybridized carbons (Fsp3) is 0.400. The quantitative estimate of drug-likeness (QED) is 0.746. The second kappa shape index (κ2) is 6.78. The zero-order valence-electron chi connectivity index (χ0n) is 16.2. The maximum atomic E-state index is 13.1. The van der Waals surface area contributed by atoms with Crippen molar-refractivity contribution in [1.29, 1.82) is 0 Å². The Morgan fingerprint density at radius 2 is 2.11 bits per heavy atom. The highest BCUT2D eigenvalue weighted by Crippen LogP contribution is 2.29. The maximum absolute atomic E-state index is 13.1. The van der Waals surface area contributed by atoms with Gasteiger partial charge < -0.3 is 15.4 Å². The van der Waals surface area contributed by atoms with E-state index in [9.17, 15) is 9.59 Å². The van der Waals surface area contributed by atoms with E-state index in [0.29, 0.717) is 42.1 Å². The normalized spacial score (nSPS) is 17.6. The number of hydrogen-bond donors (Lipinski definition) is 1. The largest absolute Gasteiger partial charge is 0.494 e. The predicted molar refractivity (Wildman–Crippen MR) is 105 cm³/mol. The van der Waals surface area contributed by atoms with Crippen molar-refractivity contribution in [1.82, 2.24) is 19.3 Å². The van der Waals surface area contributed by atoms with Crippen LogP contribution in [0.4, 0.5) is 5.95 Å². The van der Waals surface area contributed by atoms with Crippen LogP contribution in [0.3, 0.4) is 0 Å². The molecule has 4 rings (SSSR count). The van der Waals surface area contributed by atoms with E-state index in [1.54, 1.807) is 28.7 Å². The lowest BCUT2D eigenvalue weighted by atomic mass is 9.86. The number of likely N-dealkylation sites (tertiary alicyclic amines) is 1. The number of methoxy groups -OCH3 is 1. The summed E-state index contributed by atoms with van der Waals surface area (Å²) in [6.07, 6.45) is 1.99. The summed E-state index contributed by atoms with van der Waals surface area (Å²) >= 11 is 0. The van der Waals surface area contributed by atoms with Gasteiger partial charge in [-0.15, -0.1) is 0 Å². The number of carbonyl (C=O) groups is 2. The van der Waals surface area contributed by atoms with Crippen LogP contribution in [-0.4, -0.2) is 51.2 Å². The lowest BCUT2D eigenvalue weighted by Crippen LogP contribution is -2.45. The average molecular weight is 381 g/mol. The molecule has 1 aromatic carbocycles. The third-order valence-electron chi connectivity index (χ3n) is 5.41. The van der Waals surface area contributed by atoms with E-state index < -0.39 is 0 Å². The van der Waals surface area contributed by atoms with Gasteiger partial charge in [0, 0.05) is 37.0 Å². The number of amides is 1. The van der Waals surface area contributed by atoms with Crippen molar-refractivity contribution in [3.8, 4) is 5.75 Å². The Morgan fingerprint density at radius 3 is 2.82 bits per heavy atom. The standard InChI is InChI=1S/C20H23N5O3/c1-11(2)13-9-24(8-7-15(13)26)19(27)14-10-25-18(22-14)12-5-4-6-16(28-3)17(12)23-20(25)21/h4-6,10-11,13H,7-9H2,1-3H3,(H2,21,23). The molecule has 3 heterocycles. The zero-order chi connectivity index (χ0) is 20.0. The van der Waals surface area contributed by atoms with Crippen molar-refractivity contribution >= 4 is 34.2 Å². The number of fused-ring (bicyclic) bond motifs is 3. The number of benzene rings is 1. The van der Waals surface area contributed by atoms with Gasteiger partial charge in [-0.1, -0.05) is 19.9 Å². The molecule has 0 bridgehead atoms. The zero-order valence-corrected chi connectivity index (χ0v) is 16.2. The Balaban J connectivity index is 1.75. The summed E-state index contributed by atoms with van der Waals surface area (Å²) in [5.74, 6) is 0.911. The lowest BCUT2D eigenvalue weighted by Gasteiger charge is -2.33. The number of piperidine rings is 1. The Morgan fingerprint density at radius 1 is 1.32 bits per heavy atom. The number of rotatable bonds is 3. The summed E-state index contributed by atoms with van der Waals surface area (Å²) < 4.78 is 6.98. The van der Waals surface area contributed by atoms with Gasteiger partial charge in [-0.05, 0) is 18.1 Å². The molecule has 1 aliphatic heterocycles. The van der Waals surface area contributed by atoms with Gasteiger partial charge in [0.2, 0.25) is 5.95 Å². The minimum atomic E-state index is -0.197. The molecular weight excluding hydrogens is 358 g/mol. The topological polar surface area (TPSA) is 103 Å². The highest BCUT2D eigenvalue weighted by molar-refractivity contribution is 5.99. The smallest absolute Gasteiger partial charge is 0.274 e. The molecule has 1 fully saturated rings. The molecule has 0 saturated carbocycles. The van der Waals surface area contributed by atoms with E-state index in [1.807, 2.05) is 26.0 Å². The van der Waals surface area contributed by atoms with Crippen molar-refractivity contribution in [2.75, 3.05) is 25.9 Å². The van der Waals surface area contributed by atoms with Gasteiger partial charge in [-0.25, -0.2) is 9.97 Å². The van der Waals surface area contributed by atoms with Crippen molar-refractivity contribution in [3.05, 3.63) is 30.1 Å². The number of ether oxygens (including phenoxy) is 1. The third-order valence-corrected chi connectivity index (χ3v) is 5.41. The van der Waals surface area contributed by atoms with Crippen LogP contribution in [-0.2, 0) is 4.79 Å². The van der Waals surface area contributed by atoms with E-state index in [2.05, 4.69) is 9.97 Å². The first-order valence-corrected chi connectivity index (χ1v) is 9.34. The molecule has 1 aliphatic rings. The number of nitrogens with two attached hydrogens (primary N) is 1. The fourth-order valence-corrected chi connectivity index (χ4v) is 3.79. The first-order chi connectivity index (χ1) is 13.4. The van der Waals surface area contributed by atoms with Crippen LogP contribution in [0.25, 0.3) is 16.6 Å². The molecule has 2 N–H and O–H groups in total. The van der Waals surface area contributed by atoms with Crippen LogP contribution in [0.15, 0.2) is 24.4 Å². The summed E-state index contributed by atoms with van der Waals surface area (Å²) in [6.45, 7) is 4.85. The van der Waals surface area contributed by atoms with Crippen molar-refractivity contribution in [3.63, 3.8) is 0 Å². The van der Waals surface area contributed by atoms with Gasteiger partial charge in [-0.3, -0.25) is 14.0 Å². The second-order valence-electron chi connectivity index (χ2n) is 7.46. The molecule has 0 aliphatic carbocycles. The number of anilines is 1. The summed E-state index contributed by atoms with van der Waals surface area (Å²) in [6, 6.07) is 5.52. The number of nitrogen functional groups attached to an aromatic ring is 1. The SMILES string of the molecule is COc1cccc2c1nc(N)n1cc(C(=O)N3CCC(=O)C(C(C)C)C3)nc21. The molecule has 0 radical (unpaired) electrons. The van der Waals surface area contributed by atoms with Gasteiger partial charge in [0.05, 0.1) is 7.11 Å². The average Bonchev–Trinajstić information content (AvgIpc) is 3.13. The Kier molecular flexibility index (Phi) is 4.41. The van der Waals surface area contributed by atoms with Crippen molar-refractivity contribution in [2.24, 2.45) is 11.8 Å². The molecule has 3 aromatic rings. The summed E-state index contributed by atoms with van der Waals surface area (Å²) in [4.78, 5) is 35.9. The number of ketones is 1. The van der Waals surface area contributed by atoms with E-state index in [-0.39, 0.29) is 29.5 Å². The second-order valence-corrected chi connectivity index (χ2v) is 7.46. The van der Waals surface area contributed by atoms with Gasteiger partial charge in [0.15, 0.2) is 0 Å². The van der Waals surface area contributed by atoms with E-state index in [1.165, 1.54) is 0 Å². The van der Waals surface area contributed by atoms with Crippen LogP contribution in [0, 0.1) is 11.8 Å². The van der Waals surface area contributed by atoms with Gasteiger partial charge in [0.25, 0.3) is 5.91 Å². The first-order valence-electron chi connectivity index (χ1n) is 9.34. The van der Waals surface area contributed by atoms with Crippen LogP contribution in [0.2, 0.25) is 0 Å². The Bertz CT molecular complexity index is 1090. The Hall–Kier alpha value is -3.16. The van der Waals surface area contributed by atoms with Crippen LogP contribution in [0.1, 0.15) is 30.8 Å². The predicted octanol–water partition coefficient (Wildman–Crippen LogP) is 2.16. The van der Waals surface area contributed by atoms with Crippen LogP contribution in [0.5, 0.6) is 5.75 Å². The molecule has 1 saturated heterocycles. The van der Waals surface area contributed by atoms with E-state index in [0.717, 1.165) is 5.39 Å². The molecule has 146 valence electrons. The number of Topliss-reactive ketones (excluding diaryl/α,β-unsaturated/α-hetero) is 1. The lowest BCUT2D eigenvalue weighted by molar-refractivity contribution is -0.127. The van der Waals surface area contributed by atoms with Crippen LogP contribution >= 0.6 is 0 Å². The highest BCUT2D eigenvalue weighted by atomic mass is 16.5. The van der Waals surface area contributed by atoms with Gasteiger partial charge in [-0.2, -0.15) is 0 Å². The number of hydrogen-bond acceptors (Lipinski definition) is 6.